The molecule has 0 fully saturated rings. The first-order chi connectivity index (χ1) is 6.22. The van der Waals surface area contributed by atoms with Gasteiger partial charge in [0.25, 0.3) is 0 Å². The summed E-state index contributed by atoms with van der Waals surface area (Å²) in [7, 11) is 5.34. The summed E-state index contributed by atoms with van der Waals surface area (Å²) in [4.78, 5) is 0. The molecule has 0 amide bonds. The molecular weight excluding hydrogens is 231 g/mol. The van der Waals surface area contributed by atoms with Gasteiger partial charge in [0.15, 0.2) is 11.5 Å². The lowest BCUT2D eigenvalue weighted by Crippen LogP contribution is -2.10. The molecule has 2 nitrogen and oxygen atoms in total. The second kappa shape index (κ2) is 4.56. The van der Waals surface area contributed by atoms with Crippen LogP contribution in [0.2, 0.25) is 0 Å². The minimum absolute atomic E-state index is 0.780. The van der Waals surface area contributed by atoms with Gasteiger partial charge < -0.3 is 9.47 Å². The van der Waals surface area contributed by atoms with E-state index in [2.05, 4.69) is 23.8 Å². The molecule has 0 saturated carbocycles. The van der Waals surface area contributed by atoms with Crippen LogP contribution in [0.5, 0.6) is 11.5 Å². The number of methoxy groups -OCH3 is 2. The maximum Gasteiger partial charge on any atom is 0.160 e. The van der Waals surface area contributed by atoms with Crippen LogP contribution in [0.1, 0.15) is 5.56 Å². The first-order valence-corrected chi connectivity index (χ1v) is 5.12. The molecule has 4 heteroatoms. The van der Waals surface area contributed by atoms with Crippen LogP contribution >= 0.6 is 15.9 Å². The third-order valence-electron chi connectivity index (χ3n) is 1.99. The molecule has 1 aromatic rings. The van der Waals surface area contributed by atoms with Crippen LogP contribution in [0, 0.1) is 0 Å². The Balaban J connectivity index is 3.18. The highest BCUT2D eigenvalue weighted by atomic mass is 79.9. The van der Waals surface area contributed by atoms with Crippen molar-refractivity contribution in [1.82, 2.24) is 0 Å². The van der Waals surface area contributed by atoms with Crippen LogP contribution < -0.4 is 14.9 Å². The minimum Gasteiger partial charge on any atom is -0.493 e. The average Bonchev–Trinajstić information content (AvgIpc) is 2.17. The van der Waals surface area contributed by atoms with Crippen LogP contribution in [-0.2, 0) is 5.33 Å². The van der Waals surface area contributed by atoms with Gasteiger partial charge in [-0.05, 0) is 17.7 Å². The van der Waals surface area contributed by atoms with E-state index >= 15 is 0 Å². The van der Waals surface area contributed by atoms with Crippen LogP contribution in [0.4, 0.5) is 0 Å². The summed E-state index contributed by atoms with van der Waals surface area (Å²) < 4.78 is 10.4. The van der Waals surface area contributed by atoms with Gasteiger partial charge in [-0.3, -0.25) is 0 Å². The number of ether oxygens (including phenoxy) is 2. The van der Waals surface area contributed by atoms with Gasteiger partial charge in [0.1, 0.15) is 7.85 Å². The van der Waals surface area contributed by atoms with Crippen molar-refractivity contribution in [3.05, 3.63) is 17.7 Å². The molecule has 0 bridgehead atoms. The number of alkyl halides is 1. The molecule has 0 atom stereocenters. The van der Waals surface area contributed by atoms with Crippen LogP contribution in [-0.4, -0.2) is 22.1 Å². The highest BCUT2D eigenvalue weighted by molar-refractivity contribution is 9.08. The summed E-state index contributed by atoms with van der Waals surface area (Å²) in [5, 5.41) is 0.833. The predicted molar refractivity (Wildman–Crippen MR) is 60.4 cm³/mol. The van der Waals surface area contributed by atoms with Crippen molar-refractivity contribution in [2.45, 2.75) is 5.33 Å². The number of hydrogen-bond acceptors (Lipinski definition) is 2. The SMILES string of the molecule is Bc1cc(OC)c(OC)cc1CBr. The summed E-state index contributed by atoms with van der Waals surface area (Å²) in [6.07, 6.45) is 0. The Bertz CT molecular complexity index is 302. The van der Waals surface area contributed by atoms with Gasteiger partial charge in [-0.15, -0.1) is 0 Å². The summed E-state index contributed by atoms with van der Waals surface area (Å²) in [6, 6.07) is 3.97. The second-order valence-electron chi connectivity index (χ2n) is 2.77. The zero-order valence-corrected chi connectivity index (χ0v) is 9.64. The Hall–Kier alpha value is -0.635. The lowest BCUT2D eigenvalue weighted by molar-refractivity contribution is 0.355. The lowest BCUT2D eigenvalue weighted by atomic mass is 9.91. The number of benzene rings is 1. The largest absolute Gasteiger partial charge is 0.493 e. The van der Waals surface area contributed by atoms with E-state index in [0.29, 0.717) is 0 Å². The Morgan fingerprint density at radius 2 is 1.77 bits per heavy atom. The third-order valence-corrected chi connectivity index (χ3v) is 2.59. The summed E-state index contributed by atoms with van der Waals surface area (Å²) in [5.41, 5.74) is 2.42. The van der Waals surface area contributed by atoms with Crippen molar-refractivity contribution in [3.8, 4) is 11.5 Å². The van der Waals surface area contributed by atoms with Crippen molar-refractivity contribution in [1.29, 1.82) is 0 Å². The molecule has 0 aliphatic rings. The molecule has 0 aliphatic carbocycles. The molecule has 0 radical (unpaired) electrons. The van der Waals surface area contributed by atoms with E-state index in [9.17, 15) is 0 Å². The normalized spacial score (nSPS) is 9.77. The molecule has 0 saturated heterocycles. The molecule has 1 rings (SSSR count). The Kier molecular flexibility index (Phi) is 3.66. The zero-order chi connectivity index (χ0) is 9.84. The topological polar surface area (TPSA) is 18.5 Å². The lowest BCUT2D eigenvalue weighted by Gasteiger charge is -2.11. The molecule has 1 aromatic carbocycles. The van der Waals surface area contributed by atoms with Gasteiger partial charge >= 0.3 is 0 Å². The summed E-state index contributed by atoms with van der Waals surface area (Å²) in [6.45, 7) is 0. The smallest absolute Gasteiger partial charge is 0.160 e. The van der Waals surface area contributed by atoms with Gasteiger partial charge in [0.2, 0.25) is 0 Å². The fourth-order valence-electron chi connectivity index (χ4n) is 1.17. The van der Waals surface area contributed by atoms with Gasteiger partial charge in [-0.1, -0.05) is 21.4 Å². The Labute approximate surface area is 87.8 Å². The fraction of sp³-hybridized carbons (Fsp3) is 0.333. The highest BCUT2D eigenvalue weighted by Gasteiger charge is 2.06. The molecule has 13 heavy (non-hydrogen) atoms. The standard InChI is InChI=1S/C9H12BBrO2/c1-12-8-3-6(5-11)7(10)4-9(8)13-2/h3-4H,5,10H2,1-2H3. The van der Waals surface area contributed by atoms with E-state index in [1.165, 1.54) is 11.0 Å². The zero-order valence-electron chi connectivity index (χ0n) is 8.06. The van der Waals surface area contributed by atoms with Crippen molar-refractivity contribution < 1.29 is 9.47 Å². The molecular formula is C9H12BBrO2. The van der Waals surface area contributed by atoms with E-state index in [0.717, 1.165) is 16.8 Å². The van der Waals surface area contributed by atoms with Crippen molar-refractivity contribution in [3.63, 3.8) is 0 Å². The van der Waals surface area contributed by atoms with Gasteiger partial charge in [0.05, 0.1) is 14.2 Å². The summed E-state index contributed by atoms with van der Waals surface area (Å²) >= 11 is 3.42. The molecule has 0 N–H and O–H groups in total. The van der Waals surface area contributed by atoms with E-state index in [-0.39, 0.29) is 0 Å². The predicted octanol–water partition coefficient (Wildman–Crippen LogP) is 0.857. The maximum absolute atomic E-state index is 5.19. The maximum atomic E-state index is 5.19. The quantitative estimate of drug-likeness (QED) is 0.578. The van der Waals surface area contributed by atoms with Crippen LogP contribution in [0.25, 0.3) is 0 Å². The fourth-order valence-corrected chi connectivity index (χ4v) is 1.77. The monoisotopic (exact) mass is 242 g/mol. The first-order valence-electron chi connectivity index (χ1n) is 4.00. The molecule has 0 spiro atoms. The van der Waals surface area contributed by atoms with Crippen molar-refractivity contribution in [2.75, 3.05) is 14.2 Å². The van der Waals surface area contributed by atoms with Crippen LogP contribution in [0.15, 0.2) is 12.1 Å². The third kappa shape index (κ3) is 2.18. The second-order valence-corrected chi connectivity index (χ2v) is 3.33. The van der Waals surface area contributed by atoms with E-state index < -0.39 is 0 Å². The first kappa shape index (κ1) is 10.4. The number of hydrogen-bond donors (Lipinski definition) is 0. The molecule has 0 heterocycles. The van der Waals surface area contributed by atoms with E-state index in [1.807, 2.05) is 12.1 Å². The van der Waals surface area contributed by atoms with Gasteiger partial charge in [-0.2, -0.15) is 0 Å². The Morgan fingerprint density at radius 1 is 1.23 bits per heavy atom. The number of rotatable bonds is 3. The van der Waals surface area contributed by atoms with E-state index in [4.69, 9.17) is 9.47 Å². The molecule has 0 aromatic heterocycles. The van der Waals surface area contributed by atoms with Gasteiger partial charge in [0, 0.05) is 5.33 Å². The number of halogens is 1. The Morgan fingerprint density at radius 3 is 2.23 bits per heavy atom. The van der Waals surface area contributed by atoms with E-state index in [1.54, 1.807) is 14.2 Å². The molecule has 0 unspecified atom stereocenters. The van der Waals surface area contributed by atoms with Crippen molar-refractivity contribution >= 4 is 29.2 Å². The minimum atomic E-state index is 0.780. The molecule has 0 aliphatic heterocycles. The van der Waals surface area contributed by atoms with Crippen molar-refractivity contribution in [2.24, 2.45) is 0 Å². The average molecular weight is 243 g/mol. The highest BCUT2D eigenvalue weighted by Crippen LogP contribution is 2.26. The molecule has 70 valence electrons. The van der Waals surface area contributed by atoms with Gasteiger partial charge in [-0.25, -0.2) is 0 Å². The summed E-state index contributed by atoms with van der Waals surface area (Å²) in [5.74, 6) is 1.56. The van der Waals surface area contributed by atoms with Crippen LogP contribution in [0.3, 0.4) is 0 Å².